The molecule has 3 N–H and O–H groups in total. The van der Waals surface area contributed by atoms with Crippen LogP contribution in [0.5, 0.6) is 0 Å². The minimum atomic E-state index is -0.141. The normalized spacial score (nSPS) is 12.9. The van der Waals surface area contributed by atoms with Crippen molar-refractivity contribution in [2.75, 3.05) is 0 Å². The third kappa shape index (κ3) is 3.30. The standard InChI is InChI=1S/C14H16Cl2N2S/c1-8(2)9-3-5-10(6-4-9)13(18-17)11-7-12(15)19-14(11)16/h3-8,13,18H,17H2,1-2H3. The van der Waals surface area contributed by atoms with Gasteiger partial charge in [0, 0.05) is 5.56 Å². The molecule has 0 aliphatic heterocycles. The van der Waals surface area contributed by atoms with Crippen molar-refractivity contribution in [1.29, 1.82) is 0 Å². The van der Waals surface area contributed by atoms with Crippen molar-refractivity contribution in [3.63, 3.8) is 0 Å². The molecule has 2 rings (SSSR count). The second-order valence-corrected chi connectivity index (χ2v) is 6.99. The average molecular weight is 315 g/mol. The lowest BCUT2D eigenvalue weighted by Gasteiger charge is -2.17. The van der Waals surface area contributed by atoms with Gasteiger partial charge < -0.3 is 0 Å². The summed E-state index contributed by atoms with van der Waals surface area (Å²) in [5.74, 6) is 6.18. The van der Waals surface area contributed by atoms with Gasteiger partial charge in [0.05, 0.1) is 14.7 Å². The number of benzene rings is 1. The van der Waals surface area contributed by atoms with Crippen LogP contribution in [0.4, 0.5) is 0 Å². The monoisotopic (exact) mass is 314 g/mol. The van der Waals surface area contributed by atoms with Crippen LogP contribution in [0.2, 0.25) is 8.67 Å². The number of hydrazine groups is 1. The van der Waals surface area contributed by atoms with E-state index in [9.17, 15) is 0 Å². The number of halogens is 2. The molecule has 1 heterocycles. The predicted molar refractivity (Wildman–Crippen MR) is 84.0 cm³/mol. The van der Waals surface area contributed by atoms with Crippen molar-refractivity contribution in [2.45, 2.75) is 25.8 Å². The molecule has 0 spiro atoms. The highest BCUT2D eigenvalue weighted by Gasteiger charge is 2.18. The Morgan fingerprint density at radius 1 is 1.11 bits per heavy atom. The first-order chi connectivity index (χ1) is 9.02. The summed E-state index contributed by atoms with van der Waals surface area (Å²) >= 11 is 13.5. The number of nitrogens with one attached hydrogen (secondary N) is 1. The topological polar surface area (TPSA) is 38.0 Å². The smallest absolute Gasteiger partial charge is 0.0995 e. The summed E-state index contributed by atoms with van der Waals surface area (Å²) in [5, 5.41) is 0. The number of thiophene rings is 1. The first kappa shape index (κ1) is 14.8. The fraction of sp³-hybridized carbons (Fsp3) is 0.286. The molecule has 1 aromatic carbocycles. The summed E-state index contributed by atoms with van der Waals surface area (Å²) in [6.45, 7) is 4.34. The third-order valence-corrected chi connectivity index (χ3v) is 4.62. The van der Waals surface area contributed by atoms with Crippen LogP contribution in [0.3, 0.4) is 0 Å². The molecule has 0 fully saturated rings. The van der Waals surface area contributed by atoms with E-state index in [0.29, 0.717) is 14.6 Å². The van der Waals surface area contributed by atoms with Crippen LogP contribution < -0.4 is 11.3 Å². The van der Waals surface area contributed by atoms with Gasteiger partial charge in [-0.15, -0.1) is 11.3 Å². The van der Waals surface area contributed by atoms with Gasteiger partial charge in [0.1, 0.15) is 0 Å². The van der Waals surface area contributed by atoms with E-state index in [1.54, 1.807) is 0 Å². The van der Waals surface area contributed by atoms with Gasteiger partial charge in [-0.25, -0.2) is 5.43 Å². The lowest BCUT2D eigenvalue weighted by atomic mass is 9.97. The van der Waals surface area contributed by atoms with Gasteiger partial charge in [-0.1, -0.05) is 61.3 Å². The van der Waals surface area contributed by atoms with E-state index in [4.69, 9.17) is 29.0 Å². The molecule has 1 aromatic heterocycles. The number of hydrogen-bond donors (Lipinski definition) is 2. The maximum Gasteiger partial charge on any atom is 0.0995 e. The zero-order valence-electron chi connectivity index (χ0n) is 10.8. The van der Waals surface area contributed by atoms with Crippen molar-refractivity contribution in [2.24, 2.45) is 5.84 Å². The van der Waals surface area contributed by atoms with E-state index in [2.05, 4.69) is 43.5 Å². The minimum Gasteiger partial charge on any atom is -0.271 e. The lowest BCUT2D eigenvalue weighted by Crippen LogP contribution is -2.28. The first-order valence-corrected chi connectivity index (χ1v) is 7.61. The molecule has 0 bridgehead atoms. The molecule has 0 saturated carbocycles. The van der Waals surface area contributed by atoms with Crippen LogP contribution in [0.25, 0.3) is 0 Å². The molecule has 5 heteroatoms. The van der Waals surface area contributed by atoms with Gasteiger partial charge in [-0.3, -0.25) is 5.84 Å². The van der Waals surface area contributed by atoms with Crippen molar-refractivity contribution < 1.29 is 0 Å². The van der Waals surface area contributed by atoms with E-state index >= 15 is 0 Å². The number of rotatable bonds is 4. The van der Waals surface area contributed by atoms with Gasteiger partial charge in [0.25, 0.3) is 0 Å². The fourth-order valence-corrected chi connectivity index (χ4v) is 3.52. The highest BCUT2D eigenvalue weighted by atomic mass is 35.5. The molecular weight excluding hydrogens is 299 g/mol. The molecule has 0 saturated heterocycles. The Morgan fingerprint density at radius 3 is 2.11 bits per heavy atom. The van der Waals surface area contributed by atoms with E-state index in [-0.39, 0.29) is 6.04 Å². The highest BCUT2D eigenvalue weighted by molar-refractivity contribution is 7.20. The fourth-order valence-electron chi connectivity index (χ4n) is 1.99. The second-order valence-electron chi connectivity index (χ2n) is 4.70. The summed E-state index contributed by atoms with van der Waals surface area (Å²) in [4.78, 5) is 0. The van der Waals surface area contributed by atoms with Gasteiger partial charge in [-0.05, 0) is 23.1 Å². The number of nitrogens with two attached hydrogens (primary N) is 1. The van der Waals surface area contributed by atoms with E-state index in [0.717, 1.165) is 11.1 Å². The second kappa shape index (κ2) is 6.25. The largest absolute Gasteiger partial charge is 0.271 e. The van der Waals surface area contributed by atoms with E-state index in [1.165, 1.54) is 16.9 Å². The zero-order valence-corrected chi connectivity index (χ0v) is 13.1. The molecule has 1 atom stereocenters. The van der Waals surface area contributed by atoms with Crippen LogP contribution in [-0.2, 0) is 0 Å². The molecule has 0 aliphatic rings. The molecule has 102 valence electrons. The van der Waals surface area contributed by atoms with Crippen LogP contribution in [-0.4, -0.2) is 0 Å². The Bertz CT molecular complexity index is 549. The maximum absolute atomic E-state index is 6.19. The van der Waals surface area contributed by atoms with Gasteiger partial charge >= 0.3 is 0 Å². The predicted octanol–water partition coefficient (Wildman–Crippen LogP) is 4.73. The van der Waals surface area contributed by atoms with Crippen LogP contribution >= 0.6 is 34.5 Å². The van der Waals surface area contributed by atoms with Gasteiger partial charge in [0.2, 0.25) is 0 Å². The summed E-state index contributed by atoms with van der Waals surface area (Å²) in [6, 6.07) is 10.1. The van der Waals surface area contributed by atoms with Crippen LogP contribution in [0.15, 0.2) is 30.3 Å². The van der Waals surface area contributed by atoms with Crippen LogP contribution in [0.1, 0.15) is 42.5 Å². The van der Waals surface area contributed by atoms with Gasteiger partial charge in [0.15, 0.2) is 0 Å². The Morgan fingerprint density at radius 2 is 1.68 bits per heavy atom. The Hall–Kier alpha value is -0.580. The first-order valence-electron chi connectivity index (χ1n) is 6.03. The van der Waals surface area contributed by atoms with Crippen LogP contribution in [0, 0.1) is 0 Å². The Balaban J connectivity index is 2.34. The van der Waals surface area contributed by atoms with Crippen molar-refractivity contribution >= 4 is 34.5 Å². The molecule has 2 nitrogen and oxygen atoms in total. The highest BCUT2D eigenvalue weighted by Crippen LogP contribution is 2.37. The summed E-state index contributed by atoms with van der Waals surface area (Å²) in [7, 11) is 0. The van der Waals surface area contributed by atoms with Crippen molar-refractivity contribution in [3.05, 3.63) is 55.7 Å². The SMILES string of the molecule is CC(C)c1ccc(C(NN)c2cc(Cl)sc2Cl)cc1. The van der Waals surface area contributed by atoms with Crippen molar-refractivity contribution in [1.82, 2.24) is 5.43 Å². The Kier molecular flexibility index (Phi) is 4.87. The summed E-state index contributed by atoms with van der Waals surface area (Å²) < 4.78 is 1.33. The molecule has 0 amide bonds. The minimum absolute atomic E-state index is 0.141. The molecule has 2 aromatic rings. The molecule has 0 radical (unpaired) electrons. The lowest BCUT2D eigenvalue weighted by molar-refractivity contribution is 0.638. The molecule has 1 unspecified atom stereocenters. The summed E-state index contributed by atoms with van der Waals surface area (Å²) in [5.41, 5.74) is 6.09. The maximum atomic E-state index is 6.19. The average Bonchev–Trinajstić information content (AvgIpc) is 2.70. The number of hydrogen-bond acceptors (Lipinski definition) is 3. The molecular formula is C14H16Cl2N2S. The van der Waals surface area contributed by atoms with Crippen molar-refractivity contribution in [3.8, 4) is 0 Å². The molecule has 0 aliphatic carbocycles. The van der Waals surface area contributed by atoms with E-state index < -0.39 is 0 Å². The van der Waals surface area contributed by atoms with E-state index in [1.807, 2.05) is 6.07 Å². The summed E-state index contributed by atoms with van der Waals surface area (Å²) in [6.07, 6.45) is 0. The zero-order chi connectivity index (χ0) is 14.0. The third-order valence-electron chi connectivity index (χ3n) is 3.10. The van der Waals surface area contributed by atoms with Gasteiger partial charge in [-0.2, -0.15) is 0 Å². The Labute approximate surface area is 127 Å². The quantitative estimate of drug-likeness (QED) is 0.632. The molecule has 19 heavy (non-hydrogen) atoms.